The number of rotatable bonds is 3. The van der Waals surface area contributed by atoms with Gasteiger partial charge >= 0.3 is 0 Å². The molecule has 0 heterocycles. The van der Waals surface area contributed by atoms with Gasteiger partial charge in [0, 0.05) is 5.69 Å². The van der Waals surface area contributed by atoms with Crippen molar-refractivity contribution in [3.8, 4) is 0 Å². The molecule has 0 saturated heterocycles. The second kappa shape index (κ2) is 4.97. The summed E-state index contributed by atoms with van der Waals surface area (Å²) in [5, 5.41) is 0. The minimum atomic E-state index is 0.853. The van der Waals surface area contributed by atoms with Gasteiger partial charge < -0.3 is 5.73 Å². The molecule has 1 rings (SSSR count). The number of hydrogen-bond acceptors (Lipinski definition) is 2. The van der Waals surface area contributed by atoms with Crippen LogP contribution in [0.3, 0.4) is 0 Å². The molecule has 2 heteroatoms. The Morgan fingerprint density at radius 3 is 2.85 bits per heavy atom. The topological polar surface area (TPSA) is 26.0 Å². The van der Waals surface area contributed by atoms with Crippen molar-refractivity contribution in [3.63, 3.8) is 0 Å². The van der Waals surface area contributed by atoms with Gasteiger partial charge in [-0.2, -0.15) is 12.6 Å². The molecule has 0 atom stereocenters. The molecule has 0 saturated carbocycles. The maximum Gasteiger partial charge on any atom is 0.0344 e. The van der Waals surface area contributed by atoms with Crippen LogP contribution in [-0.2, 0) is 0 Å². The van der Waals surface area contributed by atoms with Gasteiger partial charge in [0.1, 0.15) is 0 Å². The number of aryl methyl sites for hydroxylation is 1. The SMILES string of the molecule is Cc1cc(C=CCCS)ccc1N. The van der Waals surface area contributed by atoms with E-state index in [1.165, 1.54) is 5.56 Å². The van der Waals surface area contributed by atoms with Crippen LogP contribution >= 0.6 is 12.6 Å². The van der Waals surface area contributed by atoms with E-state index in [9.17, 15) is 0 Å². The van der Waals surface area contributed by atoms with Gasteiger partial charge in [-0.25, -0.2) is 0 Å². The van der Waals surface area contributed by atoms with E-state index in [2.05, 4.69) is 30.8 Å². The van der Waals surface area contributed by atoms with Crippen LogP contribution in [0.1, 0.15) is 17.5 Å². The Morgan fingerprint density at radius 1 is 1.46 bits per heavy atom. The van der Waals surface area contributed by atoms with E-state index in [0.29, 0.717) is 0 Å². The molecule has 0 aliphatic carbocycles. The minimum absolute atomic E-state index is 0.853. The summed E-state index contributed by atoms with van der Waals surface area (Å²) in [7, 11) is 0. The molecule has 1 aromatic carbocycles. The number of nitrogen functional groups attached to an aromatic ring is 1. The van der Waals surface area contributed by atoms with E-state index in [1.807, 2.05) is 19.1 Å². The lowest BCUT2D eigenvalue weighted by Crippen LogP contribution is -1.88. The average molecular weight is 193 g/mol. The zero-order chi connectivity index (χ0) is 9.68. The molecule has 0 aromatic heterocycles. The summed E-state index contributed by atoms with van der Waals surface area (Å²) < 4.78 is 0. The normalized spacial score (nSPS) is 10.9. The van der Waals surface area contributed by atoms with Gasteiger partial charge in [-0.05, 0) is 36.3 Å². The molecule has 70 valence electrons. The van der Waals surface area contributed by atoms with Crippen molar-refractivity contribution >= 4 is 24.4 Å². The number of anilines is 1. The second-order valence-corrected chi connectivity index (χ2v) is 3.48. The second-order valence-electron chi connectivity index (χ2n) is 3.03. The minimum Gasteiger partial charge on any atom is -0.399 e. The van der Waals surface area contributed by atoms with Gasteiger partial charge in [-0.15, -0.1) is 0 Å². The first-order valence-electron chi connectivity index (χ1n) is 4.37. The van der Waals surface area contributed by atoms with Crippen molar-refractivity contribution in [1.29, 1.82) is 0 Å². The van der Waals surface area contributed by atoms with Crippen molar-refractivity contribution in [2.24, 2.45) is 0 Å². The maximum absolute atomic E-state index is 5.71. The fourth-order valence-corrected chi connectivity index (χ4v) is 1.25. The van der Waals surface area contributed by atoms with Crippen LogP contribution in [0.15, 0.2) is 24.3 Å². The van der Waals surface area contributed by atoms with E-state index >= 15 is 0 Å². The molecular weight excluding hydrogens is 178 g/mol. The molecule has 0 spiro atoms. The lowest BCUT2D eigenvalue weighted by atomic mass is 10.1. The van der Waals surface area contributed by atoms with Crippen molar-refractivity contribution in [2.75, 3.05) is 11.5 Å². The first-order valence-corrected chi connectivity index (χ1v) is 5.01. The van der Waals surface area contributed by atoms with Gasteiger partial charge in [0.15, 0.2) is 0 Å². The van der Waals surface area contributed by atoms with Crippen molar-refractivity contribution in [3.05, 3.63) is 35.4 Å². The Bertz CT molecular complexity index is 305. The summed E-state index contributed by atoms with van der Waals surface area (Å²) >= 11 is 4.13. The lowest BCUT2D eigenvalue weighted by Gasteiger charge is -2.00. The van der Waals surface area contributed by atoms with Crippen LogP contribution in [-0.4, -0.2) is 5.75 Å². The fourth-order valence-electron chi connectivity index (χ4n) is 1.10. The molecule has 0 unspecified atom stereocenters. The third kappa shape index (κ3) is 3.15. The standard InChI is InChI=1S/C11H15NS/c1-9-8-10(4-2-3-7-13)5-6-11(9)12/h2,4-6,8,13H,3,7,12H2,1H3. The van der Waals surface area contributed by atoms with Gasteiger partial charge in [0.25, 0.3) is 0 Å². The summed E-state index contributed by atoms with van der Waals surface area (Å²) in [6, 6.07) is 6.05. The van der Waals surface area contributed by atoms with Crippen LogP contribution in [0.25, 0.3) is 6.08 Å². The monoisotopic (exact) mass is 193 g/mol. The zero-order valence-electron chi connectivity index (χ0n) is 7.83. The summed E-state index contributed by atoms with van der Waals surface area (Å²) in [6.45, 7) is 2.02. The number of benzene rings is 1. The van der Waals surface area contributed by atoms with Gasteiger partial charge in [0.05, 0.1) is 0 Å². The molecule has 0 aliphatic heterocycles. The Hall–Kier alpha value is -0.890. The molecule has 0 radical (unpaired) electrons. The molecule has 13 heavy (non-hydrogen) atoms. The van der Waals surface area contributed by atoms with Crippen molar-refractivity contribution in [1.82, 2.24) is 0 Å². The molecule has 0 bridgehead atoms. The molecule has 1 nitrogen and oxygen atoms in total. The third-order valence-corrected chi connectivity index (χ3v) is 2.16. The highest BCUT2D eigenvalue weighted by Gasteiger charge is 1.92. The number of thiol groups is 1. The quantitative estimate of drug-likeness (QED) is 0.560. The van der Waals surface area contributed by atoms with Crippen LogP contribution in [0.2, 0.25) is 0 Å². The van der Waals surface area contributed by atoms with E-state index < -0.39 is 0 Å². The van der Waals surface area contributed by atoms with E-state index in [0.717, 1.165) is 23.4 Å². The van der Waals surface area contributed by atoms with Crippen molar-refractivity contribution in [2.45, 2.75) is 13.3 Å². The highest BCUT2D eigenvalue weighted by Crippen LogP contribution is 2.13. The molecule has 1 aromatic rings. The van der Waals surface area contributed by atoms with Gasteiger partial charge in [-0.3, -0.25) is 0 Å². The number of hydrogen-bond donors (Lipinski definition) is 2. The Morgan fingerprint density at radius 2 is 2.23 bits per heavy atom. The summed E-state index contributed by atoms with van der Waals surface area (Å²) in [6.07, 6.45) is 5.23. The molecule has 0 aliphatic rings. The largest absolute Gasteiger partial charge is 0.399 e. The highest BCUT2D eigenvalue weighted by atomic mass is 32.1. The molecule has 0 fully saturated rings. The maximum atomic E-state index is 5.71. The van der Waals surface area contributed by atoms with E-state index in [1.54, 1.807) is 0 Å². The number of nitrogens with two attached hydrogens (primary N) is 1. The first-order chi connectivity index (χ1) is 6.24. The predicted octanol–water partition coefficient (Wildman–Crippen LogP) is 2.91. The van der Waals surface area contributed by atoms with Crippen molar-refractivity contribution < 1.29 is 0 Å². The van der Waals surface area contributed by atoms with Crippen LogP contribution in [0.5, 0.6) is 0 Å². The molecule has 2 N–H and O–H groups in total. The third-order valence-electron chi connectivity index (χ3n) is 1.90. The Labute approximate surface area is 85.1 Å². The molecule has 0 amide bonds. The smallest absolute Gasteiger partial charge is 0.0344 e. The summed E-state index contributed by atoms with van der Waals surface area (Å²) in [5.74, 6) is 0.893. The summed E-state index contributed by atoms with van der Waals surface area (Å²) in [4.78, 5) is 0. The van der Waals surface area contributed by atoms with E-state index in [-0.39, 0.29) is 0 Å². The Kier molecular flexibility index (Phi) is 3.90. The molecular formula is C11H15NS. The zero-order valence-corrected chi connectivity index (χ0v) is 8.72. The van der Waals surface area contributed by atoms with Crippen LogP contribution in [0, 0.1) is 6.92 Å². The number of allylic oxidation sites excluding steroid dienone is 1. The Balaban J connectivity index is 2.73. The fraction of sp³-hybridized carbons (Fsp3) is 0.273. The van der Waals surface area contributed by atoms with E-state index in [4.69, 9.17) is 5.73 Å². The highest BCUT2D eigenvalue weighted by molar-refractivity contribution is 7.80. The first kappa shape index (κ1) is 10.2. The average Bonchev–Trinajstić information content (AvgIpc) is 2.12. The lowest BCUT2D eigenvalue weighted by molar-refractivity contribution is 1.26. The van der Waals surface area contributed by atoms with Gasteiger partial charge in [0.2, 0.25) is 0 Å². The van der Waals surface area contributed by atoms with Crippen LogP contribution in [0.4, 0.5) is 5.69 Å². The summed E-state index contributed by atoms with van der Waals surface area (Å²) in [5.41, 5.74) is 8.90. The van der Waals surface area contributed by atoms with Crippen LogP contribution < -0.4 is 5.73 Å². The van der Waals surface area contributed by atoms with Gasteiger partial charge in [-0.1, -0.05) is 24.3 Å². The predicted molar refractivity (Wildman–Crippen MR) is 63.1 cm³/mol.